The van der Waals surface area contributed by atoms with Gasteiger partial charge >= 0.3 is 5.97 Å². The van der Waals surface area contributed by atoms with Gasteiger partial charge < -0.3 is 43.4 Å². The Labute approximate surface area is 316 Å². The maximum atomic E-state index is 14.3. The van der Waals surface area contributed by atoms with Gasteiger partial charge in [0.2, 0.25) is 0 Å². The quantitative estimate of drug-likeness (QED) is 0.240. The van der Waals surface area contributed by atoms with Crippen LogP contribution in [0.2, 0.25) is 0 Å². The van der Waals surface area contributed by atoms with Crippen LogP contribution in [-0.4, -0.2) is 96.4 Å². The Morgan fingerprint density at radius 2 is 1.79 bits per heavy atom. The summed E-state index contributed by atoms with van der Waals surface area (Å²) in [5.74, 6) is -1.29. The van der Waals surface area contributed by atoms with Gasteiger partial charge in [0.25, 0.3) is 0 Å². The van der Waals surface area contributed by atoms with E-state index in [1.54, 1.807) is 7.11 Å². The van der Waals surface area contributed by atoms with Crippen molar-refractivity contribution in [3.05, 3.63) is 47.1 Å². The molecule has 0 unspecified atom stereocenters. The van der Waals surface area contributed by atoms with Crippen molar-refractivity contribution in [3.8, 4) is 0 Å². The molecule has 0 aromatic carbocycles. The second kappa shape index (κ2) is 16.3. The molecule has 5 heterocycles. The maximum Gasteiger partial charge on any atom is 0.316 e. The molecule has 0 aromatic rings. The molecule has 5 aliphatic heterocycles. The van der Waals surface area contributed by atoms with Gasteiger partial charge in [0, 0.05) is 38.7 Å². The molecule has 2 aliphatic carbocycles. The number of methoxy groups -OCH3 is 1. The van der Waals surface area contributed by atoms with Crippen molar-refractivity contribution in [3.63, 3.8) is 0 Å². The van der Waals surface area contributed by atoms with Gasteiger partial charge in [-0.1, -0.05) is 69.1 Å². The monoisotopic (exact) mass is 740 g/mol. The minimum absolute atomic E-state index is 0.0874. The summed E-state index contributed by atoms with van der Waals surface area (Å²) in [6.07, 6.45) is 16.8. The lowest BCUT2D eigenvalue weighted by Crippen LogP contribution is -2.56. The molecule has 5 fully saturated rings. The highest BCUT2D eigenvalue weighted by atomic mass is 16.7. The Hall–Kier alpha value is -1.89. The molecular formula is C43H64O10. The van der Waals surface area contributed by atoms with Crippen LogP contribution in [0.15, 0.2) is 47.1 Å². The summed E-state index contributed by atoms with van der Waals surface area (Å²) in [7, 11) is 1.61. The molecule has 53 heavy (non-hydrogen) atoms. The highest BCUT2D eigenvalue weighted by Crippen LogP contribution is 2.48. The molecule has 0 aromatic heterocycles. The minimum atomic E-state index is -1.51. The van der Waals surface area contributed by atoms with Crippen molar-refractivity contribution in [2.45, 2.75) is 178 Å². The summed E-state index contributed by atoms with van der Waals surface area (Å²) in [5.41, 5.74) is 1.19. The first kappa shape index (κ1) is 39.3. The van der Waals surface area contributed by atoms with E-state index < -0.39 is 60.1 Å². The van der Waals surface area contributed by atoms with E-state index in [0.29, 0.717) is 49.5 Å². The zero-order valence-electron chi connectivity index (χ0n) is 32.7. The van der Waals surface area contributed by atoms with Crippen LogP contribution < -0.4 is 0 Å². The van der Waals surface area contributed by atoms with E-state index in [9.17, 15) is 15.0 Å². The highest BCUT2D eigenvalue weighted by Gasteiger charge is 2.57. The van der Waals surface area contributed by atoms with E-state index in [4.69, 9.17) is 33.2 Å². The van der Waals surface area contributed by atoms with E-state index in [1.807, 2.05) is 32.1 Å². The molecule has 2 N–H and O–H groups in total. The van der Waals surface area contributed by atoms with Crippen LogP contribution in [0.3, 0.4) is 0 Å². The third-order valence-corrected chi connectivity index (χ3v) is 13.5. The predicted molar refractivity (Wildman–Crippen MR) is 199 cm³/mol. The Kier molecular flexibility index (Phi) is 12.1. The van der Waals surface area contributed by atoms with Gasteiger partial charge in [-0.2, -0.15) is 0 Å². The Balaban J connectivity index is 1.22. The van der Waals surface area contributed by atoms with E-state index in [0.717, 1.165) is 24.0 Å². The van der Waals surface area contributed by atoms with Gasteiger partial charge in [0.1, 0.15) is 23.7 Å². The number of allylic oxidation sites excluding steroid dienone is 2. The van der Waals surface area contributed by atoms with Crippen LogP contribution in [-0.2, 0) is 38.0 Å². The molecule has 2 bridgehead atoms. The largest absolute Gasteiger partial charge is 0.462 e. The van der Waals surface area contributed by atoms with Crippen molar-refractivity contribution in [1.29, 1.82) is 0 Å². The number of ether oxygens (including phenoxy) is 7. The summed E-state index contributed by atoms with van der Waals surface area (Å²) in [5, 5.41) is 23.1. The summed E-state index contributed by atoms with van der Waals surface area (Å²) in [6.45, 7) is 10.6. The fraction of sp³-hybridized carbons (Fsp3) is 0.791. The van der Waals surface area contributed by atoms with E-state index in [2.05, 4.69) is 32.9 Å². The summed E-state index contributed by atoms with van der Waals surface area (Å²) >= 11 is 0. The van der Waals surface area contributed by atoms with Gasteiger partial charge in [0.15, 0.2) is 12.1 Å². The lowest BCUT2D eigenvalue weighted by Gasteiger charge is -2.51. The van der Waals surface area contributed by atoms with Crippen LogP contribution in [0.25, 0.3) is 0 Å². The predicted octanol–water partition coefficient (Wildman–Crippen LogP) is 6.63. The van der Waals surface area contributed by atoms with Crippen LogP contribution in [0, 0.1) is 23.7 Å². The molecule has 4 saturated heterocycles. The number of rotatable bonds is 4. The number of hydrogen-bond acceptors (Lipinski definition) is 10. The van der Waals surface area contributed by atoms with Crippen LogP contribution >= 0.6 is 0 Å². The third-order valence-electron chi connectivity index (χ3n) is 13.5. The third kappa shape index (κ3) is 8.18. The van der Waals surface area contributed by atoms with E-state index >= 15 is 0 Å². The van der Waals surface area contributed by atoms with E-state index in [1.165, 1.54) is 32.1 Å². The second-order valence-corrected chi connectivity index (χ2v) is 17.4. The first-order valence-electron chi connectivity index (χ1n) is 20.5. The normalized spacial score (nSPS) is 48.5. The van der Waals surface area contributed by atoms with E-state index in [-0.39, 0.29) is 30.8 Å². The van der Waals surface area contributed by atoms with Crippen LogP contribution in [0.5, 0.6) is 0 Å². The molecule has 14 atom stereocenters. The number of carbonyl (C=O) groups is 1. The number of hydrogen-bond donors (Lipinski definition) is 2. The number of carbonyl (C=O) groups excluding carboxylic acids is 1. The summed E-state index contributed by atoms with van der Waals surface area (Å²) < 4.78 is 45.3. The Morgan fingerprint density at radius 3 is 2.57 bits per heavy atom. The lowest BCUT2D eigenvalue weighted by atomic mass is 9.72. The fourth-order valence-electron chi connectivity index (χ4n) is 10.4. The highest BCUT2D eigenvalue weighted by molar-refractivity contribution is 5.78. The minimum Gasteiger partial charge on any atom is -0.462 e. The zero-order valence-corrected chi connectivity index (χ0v) is 32.7. The first-order chi connectivity index (χ1) is 25.4. The summed E-state index contributed by atoms with van der Waals surface area (Å²) in [4.78, 5) is 14.3. The van der Waals surface area contributed by atoms with Gasteiger partial charge in [0.05, 0.1) is 43.2 Å². The van der Waals surface area contributed by atoms with Gasteiger partial charge in [-0.05, 0) is 75.9 Å². The van der Waals surface area contributed by atoms with Crippen molar-refractivity contribution in [2.75, 3.05) is 13.7 Å². The van der Waals surface area contributed by atoms with Gasteiger partial charge in [-0.25, -0.2) is 0 Å². The van der Waals surface area contributed by atoms with Gasteiger partial charge in [-0.15, -0.1) is 0 Å². The second-order valence-electron chi connectivity index (χ2n) is 17.4. The SMILES string of the molecule is CO[C@H]1C[C@@H](O[C@@H]2/C(C)=C/C[C@@H]3C[C@@H](C[C@]4(CC[C@H](C)[C@@H](C5CCCCC5)O4)O3)OC(=O)[C@@H]3C=C(C)C[C@H]4OC/C(=C\C=C\[C@@H]2C)[C@]43O)O[C@@H](C)[C@H]1O. The Morgan fingerprint density at radius 1 is 1.00 bits per heavy atom. The van der Waals surface area contributed by atoms with Crippen molar-refractivity contribution >= 4 is 5.97 Å². The maximum absolute atomic E-state index is 14.3. The molecule has 0 radical (unpaired) electrons. The molecule has 7 rings (SSSR count). The molecule has 7 aliphatic rings. The average Bonchev–Trinajstić information content (AvgIpc) is 3.46. The topological polar surface area (TPSA) is 122 Å². The molecule has 1 spiro atoms. The van der Waals surface area contributed by atoms with Crippen molar-refractivity contribution < 1.29 is 48.2 Å². The van der Waals surface area contributed by atoms with Crippen molar-refractivity contribution in [1.82, 2.24) is 0 Å². The van der Waals surface area contributed by atoms with Crippen molar-refractivity contribution in [2.24, 2.45) is 23.7 Å². The van der Waals surface area contributed by atoms with Gasteiger partial charge in [-0.3, -0.25) is 4.79 Å². The molecule has 10 heteroatoms. The molecular weight excluding hydrogens is 676 g/mol. The fourth-order valence-corrected chi connectivity index (χ4v) is 10.4. The van der Waals surface area contributed by atoms with Crippen LogP contribution in [0.1, 0.15) is 112 Å². The lowest BCUT2D eigenvalue weighted by molar-refractivity contribution is -0.342. The number of aliphatic hydroxyl groups excluding tert-OH is 1. The standard InChI is InChI=1S/C43H64O10/c1-25-19-34-41(45)50-33-21-32(52-42(23-33)18-17-28(4)40(53-42)30-12-8-7-9-13-30)16-15-27(3)39(51-37-22-35(47-6)38(44)29(5)49-37)26(2)11-10-14-31-24-48-36(20-25)43(31,34)46/h10-11,14-15,19,26,28-30,32-40,44,46H,7-9,12-13,16-18,20-24H2,1-6H3/b11-10+,27-15+,31-14+/t26-,28-,29-,32+,33-,34-,35-,36+,37+,38+,39-,40-,42+,43+/m0/s1. The number of esters is 1. The average molecular weight is 741 g/mol. The number of fused-ring (bicyclic) bond motifs is 2. The Bertz CT molecular complexity index is 1430. The molecule has 0 amide bonds. The first-order valence-corrected chi connectivity index (χ1v) is 20.5. The smallest absolute Gasteiger partial charge is 0.316 e. The zero-order chi connectivity index (χ0) is 37.5. The summed E-state index contributed by atoms with van der Waals surface area (Å²) in [6, 6.07) is 0. The molecule has 10 nitrogen and oxygen atoms in total. The molecule has 296 valence electrons. The molecule has 1 saturated carbocycles. The van der Waals surface area contributed by atoms with Crippen LogP contribution in [0.4, 0.5) is 0 Å². The number of aliphatic hydroxyl groups is 2.